The lowest BCUT2D eigenvalue weighted by Crippen LogP contribution is -2.21. The van der Waals surface area contributed by atoms with Crippen LogP contribution in [0.1, 0.15) is 43.6 Å². The van der Waals surface area contributed by atoms with E-state index in [1.807, 2.05) is 0 Å². The Morgan fingerprint density at radius 2 is 1.75 bits per heavy atom. The fourth-order valence-corrected chi connectivity index (χ4v) is 4.45. The highest BCUT2D eigenvalue weighted by atomic mass is 79.9. The van der Waals surface area contributed by atoms with Gasteiger partial charge in [-0.15, -0.1) is 0 Å². The maximum absolute atomic E-state index is 5.93. The third kappa shape index (κ3) is 5.68. The standard InChI is InChI=1S/C15H21BrCl2OSi/c16-14-6-2-12(3-7-14)13-4-8-15(9-5-13)19-10-1-11-20(17)18/h2-3,6-7,13,15,20H,1,4-5,8-11H2/t13-,15-. The highest BCUT2D eigenvalue weighted by Crippen LogP contribution is 2.34. The van der Waals surface area contributed by atoms with Crippen molar-refractivity contribution in [1.29, 1.82) is 0 Å². The summed E-state index contributed by atoms with van der Waals surface area (Å²) in [6, 6.07) is 9.70. The third-order valence-corrected chi connectivity index (χ3v) is 6.62. The van der Waals surface area contributed by atoms with Gasteiger partial charge in [-0.05, 0) is 61.8 Å². The second-order valence-electron chi connectivity index (χ2n) is 5.43. The van der Waals surface area contributed by atoms with Gasteiger partial charge >= 0.3 is 0 Å². The van der Waals surface area contributed by atoms with E-state index in [2.05, 4.69) is 40.2 Å². The number of hydrogen-bond donors (Lipinski definition) is 0. The van der Waals surface area contributed by atoms with E-state index in [-0.39, 0.29) is 0 Å². The molecule has 1 saturated carbocycles. The van der Waals surface area contributed by atoms with Crippen LogP contribution in [0.5, 0.6) is 0 Å². The minimum atomic E-state index is -1.44. The molecule has 1 aliphatic rings. The summed E-state index contributed by atoms with van der Waals surface area (Å²) < 4.78 is 7.09. The van der Waals surface area contributed by atoms with Crippen molar-refractivity contribution in [1.82, 2.24) is 0 Å². The molecule has 5 heteroatoms. The molecule has 0 aliphatic heterocycles. The van der Waals surface area contributed by atoms with Gasteiger partial charge in [0.15, 0.2) is 0 Å². The van der Waals surface area contributed by atoms with E-state index < -0.39 is 7.42 Å². The van der Waals surface area contributed by atoms with Crippen LogP contribution >= 0.6 is 38.1 Å². The maximum Gasteiger partial charge on any atom is 0.237 e. The predicted molar refractivity (Wildman–Crippen MR) is 93.4 cm³/mol. The molecule has 0 aromatic heterocycles. The van der Waals surface area contributed by atoms with Gasteiger partial charge in [0.05, 0.1) is 6.10 Å². The topological polar surface area (TPSA) is 9.23 Å². The van der Waals surface area contributed by atoms with Crippen molar-refractivity contribution in [2.24, 2.45) is 0 Å². The Hall–Kier alpha value is 0.457. The molecule has 1 aromatic carbocycles. The SMILES string of the molecule is Cl[SiH](Cl)CCCO[C@H]1CC[C@H](c2ccc(Br)cc2)CC1. The lowest BCUT2D eigenvalue weighted by molar-refractivity contribution is 0.0251. The molecular formula is C15H21BrCl2OSi. The monoisotopic (exact) mass is 394 g/mol. The third-order valence-electron chi connectivity index (χ3n) is 3.94. The van der Waals surface area contributed by atoms with E-state index in [0.717, 1.165) is 23.5 Å². The van der Waals surface area contributed by atoms with Crippen molar-refractivity contribution < 1.29 is 4.74 Å². The molecule has 0 N–H and O–H groups in total. The Kier molecular flexibility index (Phi) is 7.39. The second kappa shape index (κ2) is 8.79. The van der Waals surface area contributed by atoms with Crippen LogP contribution in [0, 0.1) is 0 Å². The first-order valence-corrected chi connectivity index (χ1v) is 12.4. The Morgan fingerprint density at radius 3 is 2.35 bits per heavy atom. The van der Waals surface area contributed by atoms with Crippen molar-refractivity contribution in [3.05, 3.63) is 34.3 Å². The van der Waals surface area contributed by atoms with Crippen molar-refractivity contribution in [3.63, 3.8) is 0 Å². The van der Waals surface area contributed by atoms with Gasteiger partial charge in [0.1, 0.15) is 0 Å². The molecule has 0 heterocycles. The van der Waals surface area contributed by atoms with Gasteiger partial charge in [0.25, 0.3) is 0 Å². The number of benzene rings is 1. The molecule has 1 nitrogen and oxygen atoms in total. The molecule has 1 fully saturated rings. The van der Waals surface area contributed by atoms with Gasteiger partial charge in [0.2, 0.25) is 7.42 Å². The van der Waals surface area contributed by atoms with Crippen LogP contribution in [0.2, 0.25) is 6.04 Å². The molecule has 20 heavy (non-hydrogen) atoms. The molecule has 0 atom stereocenters. The molecule has 0 unspecified atom stereocenters. The first kappa shape index (κ1) is 16.8. The van der Waals surface area contributed by atoms with Crippen LogP contribution in [0.3, 0.4) is 0 Å². The van der Waals surface area contributed by atoms with Gasteiger partial charge in [-0.25, -0.2) is 0 Å². The highest BCUT2D eigenvalue weighted by molar-refractivity contribution is 9.10. The summed E-state index contributed by atoms with van der Waals surface area (Å²) in [5.41, 5.74) is 1.46. The van der Waals surface area contributed by atoms with Crippen molar-refractivity contribution in [3.8, 4) is 0 Å². The van der Waals surface area contributed by atoms with Gasteiger partial charge in [-0.3, -0.25) is 0 Å². The van der Waals surface area contributed by atoms with Crippen molar-refractivity contribution in [2.45, 2.75) is 50.2 Å². The Bertz CT molecular complexity index is 391. The van der Waals surface area contributed by atoms with Crippen LogP contribution in [-0.4, -0.2) is 20.1 Å². The normalized spacial score (nSPS) is 23.2. The highest BCUT2D eigenvalue weighted by Gasteiger charge is 2.22. The smallest absolute Gasteiger partial charge is 0.237 e. The molecule has 0 saturated heterocycles. The molecular weight excluding hydrogens is 375 g/mol. The van der Waals surface area contributed by atoms with Crippen molar-refractivity contribution >= 4 is 45.5 Å². The largest absolute Gasteiger partial charge is 0.378 e. The summed E-state index contributed by atoms with van der Waals surface area (Å²) in [6.07, 6.45) is 6.25. The molecule has 0 radical (unpaired) electrons. The molecule has 112 valence electrons. The van der Waals surface area contributed by atoms with Gasteiger partial charge in [-0.1, -0.05) is 28.1 Å². The van der Waals surface area contributed by atoms with E-state index >= 15 is 0 Å². The summed E-state index contributed by atoms with van der Waals surface area (Å²) in [6.45, 7) is 0.816. The minimum Gasteiger partial charge on any atom is -0.378 e. The fourth-order valence-electron chi connectivity index (χ4n) is 2.79. The lowest BCUT2D eigenvalue weighted by atomic mass is 9.83. The molecule has 1 aromatic rings. The quantitative estimate of drug-likeness (QED) is 0.347. The lowest BCUT2D eigenvalue weighted by Gasteiger charge is -2.29. The summed E-state index contributed by atoms with van der Waals surface area (Å²) in [5.74, 6) is 0.699. The number of halogens is 3. The van der Waals surface area contributed by atoms with E-state index in [1.54, 1.807) is 0 Å². The Morgan fingerprint density at radius 1 is 1.10 bits per heavy atom. The zero-order chi connectivity index (χ0) is 14.4. The molecule has 0 bridgehead atoms. The number of rotatable bonds is 6. The van der Waals surface area contributed by atoms with Crippen molar-refractivity contribution in [2.75, 3.05) is 6.61 Å². The molecule has 2 rings (SSSR count). The van der Waals surface area contributed by atoms with Gasteiger partial charge in [-0.2, -0.15) is 22.2 Å². The number of hydrogen-bond acceptors (Lipinski definition) is 1. The van der Waals surface area contributed by atoms with E-state index in [0.29, 0.717) is 12.0 Å². The maximum atomic E-state index is 5.93. The molecule has 1 aliphatic carbocycles. The first-order valence-electron chi connectivity index (χ1n) is 7.30. The summed E-state index contributed by atoms with van der Waals surface area (Å²) in [4.78, 5) is 0. The molecule has 0 amide bonds. The average molecular weight is 396 g/mol. The van der Waals surface area contributed by atoms with Gasteiger partial charge in [0, 0.05) is 11.1 Å². The van der Waals surface area contributed by atoms with Crippen LogP contribution in [0.4, 0.5) is 0 Å². The van der Waals surface area contributed by atoms with E-state index in [1.165, 1.54) is 31.2 Å². The summed E-state index contributed by atoms with van der Waals surface area (Å²) >= 11 is 15.2. The van der Waals surface area contributed by atoms with Crippen LogP contribution in [0.15, 0.2) is 28.7 Å². The minimum absolute atomic E-state index is 0.437. The summed E-state index contributed by atoms with van der Waals surface area (Å²) in [7, 11) is -1.44. The number of ether oxygens (including phenoxy) is 1. The van der Waals surface area contributed by atoms with Crippen LogP contribution < -0.4 is 0 Å². The average Bonchev–Trinajstić information content (AvgIpc) is 2.45. The predicted octanol–water partition coefficient (Wildman–Crippen LogP) is 5.58. The van der Waals surface area contributed by atoms with Crippen LogP contribution in [0.25, 0.3) is 0 Å². The zero-order valence-electron chi connectivity index (χ0n) is 11.5. The summed E-state index contributed by atoms with van der Waals surface area (Å²) in [5, 5.41) is 0. The van der Waals surface area contributed by atoms with Crippen LogP contribution in [-0.2, 0) is 4.74 Å². The Labute approximate surface area is 141 Å². The second-order valence-corrected chi connectivity index (χ2v) is 11.5. The van der Waals surface area contributed by atoms with Gasteiger partial charge < -0.3 is 4.74 Å². The fraction of sp³-hybridized carbons (Fsp3) is 0.600. The first-order chi connectivity index (χ1) is 9.65. The van der Waals surface area contributed by atoms with E-state index in [4.69, 9.17) is 26.9 Å². The zero-order valence-corrected chi connectivity index (χ0v) is 15.8. The molecule has 0 spiro atoms. The Balaban J connectivity index is 1.68. The van der Waals surface area contributed by atoms with E-state index in [9.17, 15) is 0 Å².